The van der Waals surface area contributed by atoms with E-state index in [1.165, 1.54) is 36.0 Å². The van der Waals surface area contributed by atoms with Crippen LogP contribution in [0.15, 0.2) is 69.7 Å². The summed E-state index contributed by atoms with van der Waals surface area (Å²) < 4.78 is 27.4. The molecule has 9 heteroatoms. The van der Waals surface area contributed by atoms with Crippen molar-refractivity contribution in [2.75, 3.05) is 10.6 Å². The summed E-state index contributed by atoms with van der Waals surface area (Å²) in [5, 5.41) is 10.5. The summed E-state index contributed by atoms with van der Waals surface area (Å²) >= 11 is 1.34. The number of carbonyl (C=O) groups excluding carboxylic acids is 1. The van der Waals surface area contributed by atoms with E-state index in [0.29, 0.717) is 51.8 Å². The van der Waals surface area contributed by atoms with Crippen LogP contribution >= 0.6 is 11.8 Å². The first kappa shape index (κ1) is 21.5. The number of ketones is 1. The lowest BCUT2D eigenvalue weighted by molar-refractivity contribution is -0.116. The first-order chi connectivity index (χ1) is 17.0. The van der Waals surface area contributed by atoms with Gasteiger partial charge in [0.1, 0.15) is 29.1 Å². The second kappa shape index (κ2) is 8.03. The number of hydrogen-bond donors (Lipinski definition) is 1. The van der Waals surface area contributed by atoms with Gasteiger partial charge in [0.25, 0.3) is 0 Å². The van der Waals surface area contributed by atoms with Crippen molar-refractivity contribution in [2.24, 2.45) is 4.99 Å². The van der Waals surface area contributed by atoms with E-state index in [4.69, 9.17) is 10.7 Å². The maximum atomic E-state index is 13.8. The third-order valence-electron chi connectivity index (χ3n) is 6.41. The minimum Gasteiger partial charge on any atom is -0.383 e. The first-order valence-corrected chi connectivity index (χ1v) is 11.8. The van der Waals surface area contributed by atoms with Crippen LogP contribution in [0.4, 0.5) is 20.4 Å². The molecule has 0 fully saturated rings. The molecule has 0 spiro atoms. The molecule has 172 valence electrons. The predicted molar refractivity (Wildman–Crippen MR) is 130 cm³/mol. The van der Waals surface area contributed by atoms with E-state index >= 15 is 0 Å². The SMILES string of the molecule is N#Cc1c(N)nc2c(c1-c1ccc(F)cc1)SC1=NC3=C(C(=O)CCC3)C(c3ccc(F)cc3)N12. The van der Waals surface area contributed by atoms with Crippen molar-refractivity contribution in [3.05, 3.63) is 82.6 Å². The minimum atomic E-state index is -0.555. The average Bonchev–Trinajstić information content (AvgIpc) is 3.21. The Morgan fingerprint density at radius 2 is 1.74 bits per heavy atom. The van der Waals surface area contributed by atoms with Crippen LogP contribution < -0.4 is 10.6 Å². The number of Topliss-reactive ketones (excluding diaryl/α,β-unsaturated/α-hetero) is 1. The Kier molecular flexibility index (Phi) is 4.93. The van der Waals surface area contributed by atoms with Gasteiger partial charge in [0, 0.05) is 17.6 Å². The zero-order valence-corrected chi connectivity index (χ0v) is 19.1. The third kappa shape index (κ3) is 3.33. The highest BCUT2D eigenvalue weighted by atomic mass is 32.2. The number of anilines is 2. The molecule has 3 aromatic rings. The molecule has 2 aromatic carbocycles. The predicted octanol–water partition coefficient (Wildman–Crippen LogP) is 5.51. The number of fused-ring (bicyclic) bond motifs is 3. The summed E-state index contributed by atoms with van der Waals surface area (Å²) in [7, 11) is 0. The molecule has 2 N–H and O–H groups in total. The molecule has 3 aliphatic rings. The number of nitrogen functional groups attached to an aromatic ring is 1. The summed E-state index contributed by atoms with van der Waals surface area (Å²) in [6.07, 6.45) is 1.79. The number of hydrogen-bond acceptors (Lipinski definition) is 7. The lowest BCUT2D eigenvalue weighted by Crippen LogP contribution is -2.38. The molecule has 1 atom stereocenters. The zero-order valence-electron chi connectivity index (χ0n) is 18.3. The molecule has 1 aromatic heterocycles. The number of allylic oxidation sites excluding steroid dienone is 1. The molecule has 0 saturated carbocycles. The molecule has 1 unspecified atom stereocenters. The van der Waals surface area contributed by atoms with Gasteiger partial charge in [-0.2, -0.15) is 5.26 Å². The van der Waals surface area contributed by atoms with Crippen LogP contribution in [0.25, 0.3) is 11.1 Å². The van der Waals surface area contributed by atoms with E-state index in [0.717, 1.165) is 11.3 Å². The molecule has 0 amide bonds. The van der Waals surface area contributed by atoms with Crippen molar-refractivity contribution in [1.29, 1.82) is 5.26 Å². The van der Waals surface area contributed by atoms with E-state index in [9.17, 15) is 18.8 Å². The molecule has 0 bridgehead atoms. The number of amidine groups is 1. The number of nitriles is 1. The van der Waals surface area contributed by atoms with Gasteiger partial charge in [0.15, 0.2) is 16.8 Å². The number of nitrogens with zero attached hydrogens (tertiary/aromatic N) is 4. The maximum Gasteiger partial charge on any atom is 0.175 e. The van der Waals surface area contributed by atoms with Crippen LogP contribution in [-0.4, -0.2) is 15.9 Å². The Hall–Kier alpha value is -4.03. The van der Waals surface area contributed by atoms with Crippen molar-refractivity contribution in [3.63, 3.8) is 0 Å². The number of aliphatic imine (C=N–C) groups is 1. The van der Waals surface area contributed by atoms with Gasteiger partial charge in [-0.3, -0.25) is 9.69 Å². The second-order valence-corrected chi connectivity index (χ2v) is 9.45. The van der Waals surface area contributed by atoms with E-state index in [1.807, 2.05) is 4.90 Å². The Morgan fingerprint density at radius 3 is 2.43 bits per heavy atom. The number of nitrogens with two attached hydrogens (primary N) is 1. The van der Waals surface area contributed by atoms with E-state index in [-0.39, 0.29) is 23.0 Å². The highest BCUT2D eigenvalue weighted by Gasteiger charge is 2.45. The lowest BCUT2D eigenvalue weighted by atomic mass is 9.85. The Bertz CT molecular complexity index is 1510. The van der Waals surface area contributed by atoms with Crippen molar-refractivity contribution in [3.8, 4) is 17.2 Å². The Balaban J connectivity index is 1.61. The van der Waals surface area contributed by atoms with Gasteiger partial charge in [0.2, 0.25) is 0 Å². The van der Waals surface area contributed by atoms with Gasteiger partial charge in [-0.25, -0.2) is 18.8 Å². The number of rotatable bonds is 2. The number of aromatic nitrogens is 1. The molecular weight excluding hydrogens is 468 g/mol. The third-order valence-corrected chi connectivity index (χ3v) is 7.47. The zero-order chi connectivity index (χ0) is 24.3. The maximum absolute atomic E-state index is 13.8. The first-order valence-electron chi connectivity index (χ1n) is 11.0. The van der Waals surface area contributed by atoms with Crippen LogP contribution in [0.3, 0.4) is 0 Å². The van der Waals surface area contributed by atoms with Crippen LogP contribution in [0.5, 0.6) is 0 Å². The molecular formula is C26H17F2N5OS. The number of carbonyl (C=O) groups is 1. The Morgan fingerprint density at radius 1 is 1.06 bits per heavy atom. The van der Waals surface area contributed by atoms with Gasteiger partial charge in [-0.05, 0) is 60.0 Å². The smallest absolute Gasteiger partial charge is 0.175 e. The number of thioether (sulfide) groups is 1. The highest BCUT2D eigenvalue weighted by molar-refractivity contribution is 8.15. The number of pyridine rings is 1. The van der Waals surface area contributed by atoms with Crippen molar-refractivity contribution in [1.82, 2.24) is 4.98 Å². The standard InChI is InChI=1S/C26H17F2N5OS/c27-15-8-4-13(5-9-15)20-17(12-29)24(30)32-25-23(20)35-26-31-18-2-1-3-19(34)21(18)22(33(25)26)14-6-10-16(28)11-7-14/h4-11,22H,1-3H2,(H2,30,32). The van der Waals surface area contributed by atoms with Gasteiger partial charge in [-0.1, -0.05) is 24.3 Å². The molecule has 0 radical (unpaired) electrons. The van der Waals surface area contributed by atoms with Crippen LogP contribution in [0.1, 0.15) is 36.4 Å². The fourth-order valence-electron chi connectivity index (χ4n) is 4.86. The van der Waals surface area contributed by atoms with Crippen LogP contribution in [-0.2, 0) is 4.79 Å². The summed E-state index contributed by atoms with van der Waals surface area (Å²) in [6, 6.07) is 13.5. The van der Waals surface area contributed by atoms with Gasteiger partial charge in [-0.15, -0.1) is 0 Å². The lowest BCUT2D eigenvalue weighted by Gasteiger charge is -2.36. The molecule has 0 saturated heterocycles. The highest BCUT2D eigenvalue weighted by Crippen LogP contribution is 2.54. The normalized spacial score (nSPS) is 18.5. The molecule has 35 heavy (non-hydrogen) atoms. The average molecular weight is 486 g/mol. The molecule has 1 aliphatic carbocycles. The van der Waals surface area contributed by atoms with E-state index in [1.54, 1.807) is 24.3 Å². The monoisotopic (exact) mass is 485 g/mol. The van der Waals surface area contributed by atoms with E-state index < -0.39 is 11.9 Å². The van der Waals surface area contributed by atoms with Crippen molar-refractivity contribution < 1.29 is 13.6 Å². The van der Waals surface area contributed by atoms with Crippen molar-refractivity contribution >= 4 is 34.3 Å². The van der Waals surface area contributed by atoms with Gasteiger partial charge in [0.05, 0.1) is 16.6 Å². The van der Waals surface area contributed by atoms with Crippen LogP contribution in [0, 0.1) is 23.0 Å². The summed E-state index contributed by atoms with van der Waals surface area (Å²) in [4.78, 5) is 25.0. The quantitative estimate of drug-likeness (QED) is 0.514. The second-order valence-electron chi connectivity index (χ2n) is 8.48. The summed E-state index contributed by atoms with van der Waals surface area (Å²) in [6.45, 7) is 0. The minimum absolute atomic E-state index is 0.00204. The Labute approximate surface area is 203 Å². The number of benzene rings is 2. The number of halogens is 2. The van der Waals surface area contributed by atoms with Crippen LogP contribution in [0.2, 0.25) is 0 Å². The fourth-order valence-corrected chi connectivity index (χ4v) is 6.04. The fraction of sp³-hybridized carbons (Fsp3) is 0.154. The van der Waals surface area contributed by atoms with Crippen molar-refractivity contribution in [2.45, 2.75) is 30.2 Å². The molecule has 2 aliphatic heterocycles. The molecule has 6 rings (SSSR count). The molecule has 6 nitrogen and oxygen atoms in total. The largest absolute Gasteiger partial charge is 0.383 e. The topological polar surface area (TPSA) is 95.4 Å². The summed E-state index contributed by atoms with van der Waals surface area (Å²) in [5.74, 6) is -0.281. The summed E-state index contributed by atoms with van der Waals surface area (Å²) in [5.41, 5.74) is 9.62. The van der Waals surface area contributed by atoms with Gasteiger partial charge >= 0.3 is 0 Å². The molecule has 3 heterocycles. The van der Waals surface area contributed by atoms with Gasteiger partial charge < -0.3 is 5.73 Å². The van der Waals surface area contributed by atoms with E-state index in [2.05, 4.69) is 11.1 Å².